The van der Waals surface area contributed by atoms with Gasteiger partial charge in [-0.05, 0) is 6.92 Å². The minimum absolute atomic E-state index is 0.0830. The quantitative estimate of drug-likeness (QED) is 0.749. The van der Waals surface area contributed by atoms with Crippen molar-refractivity contribution in [2.45, 2.75) is 30.1 Å². The highest BCUT2D eigenvalue weighted by molar-refractivity contribution is 8.00. The molecule has 1 N–H and O–H groups in total. The van der Waals surface area contributed by atoms with Gasteiger partial charge in [0.2, 0.25) is 11.7 Å². The van der Waals surface area contributed by atoms with Gasteiger partial charge in [0.15, 0.2) is 5.16 Å². The summed E-state index contributed by atoms with van der Waals surface area (Å²) >= 11 is 1.00. The van der Waals surface area contributed by atoms with Crippen molar-refractivity contribution in [3.05, 3.63) is 41.7 Å². The van der Waals surface area contributed by atoms with E-state index in [9.17, 15) is 18.0 Å². The Morgan fingerprint density at radius 1 is 1.21 bits per heavy atom. The molecule has 0 aliphatic carbocycles. The van der Waals surface area contributed by atoms with Crippen LogP contribution >= 0.6 is 11.8 Å². The third-order valence-corrected chi connectivity index (χ3v) is 5.92. The van der Waals surface area contributed by atoms with Crippen LogP contribution in [0.1, 0.15) is 18.3 Å². The number of benzene rings is 1. The number of hydrogen-bond donors (Lipinski definition) is 1. The molecule has 1 aliphatic heterocycles. The van der Waals surface area contributed by atoms with Crippen molar-refractivity contribution < 1.29 is 22.9 Å². The lowest BCUT2D eigenvalue weighted by molar-refractivity contribution is -0.917. The van der Waals surface area contributed by atoms with Gasteiger partial charge in [-0.15, -0.1) is 10.2 Å². The fraction of sp³-hybridized carbons (Fsp3) is 0.500. The van der Waals surface area contributed by atoms with Gasteiger partial charge < -0.3 is 14.4 Å². The molecule has 0 spiro atoms. The Morgan fingerprint density at radius 3 is 2.43 bits per heavy atom. The lowest BCUT2D eigenvalue weighted by Gasteiger charge is -2.33. The largest absolute Gasteiger partial charge is 0.451 e. The number of piperazine rings is 1. The Kier molecular flexibility index (Phi) is 6.29. The van der Waals surface area contributed by atoms with Crippen LogP contribution in [0.15, 0.2) is 35.5 Å². The molecule has 10 heteroatoms. The van der Waals surface area contributed by atoms with Crippen molar-refractivity contribution >= 4 is 17.7 Å². The van der Waals surface area contributed by atoms with Gasteiger partial charge in [0.1, 0.15) is 6.54 Å². The second-order valence-electron chi connectivity index (χ2n) is 6.86. The number of aromatic nitrogens is 3. The number of nitrogens with zero attached hydrogens (tertiary/aromatic N) is 4. The molecule has 152 valence electrons. The lowest BCUT2D eigenvalue weighted by Crippen LogP contribution is -3.13. The molecule has 2 aromatic rings. The van der Waals surface area contributed by atoms with Crippen molar-refractivity contribution in [2.24, 2.45) is 7.05 Å². The van der Waals surface area contributed by atoms with Gasteiger partial charge in [-0.2, -0.15) is 13.2 Å². The summed E-state index contributed by atoms with van der Waals surface area (Å²) in [5.74, 6) is -1.15. The number of carbonyl (C=O) groups is 1. The molecule has 1 saturated heterocycles. The predicted octanol–water partition coefficient (Wildman–Crippen LogP) is 1.24. The molecule has 1 fully saturated rings. The van der Waals surface area contributed by atoms with E-state index in [2.05, 4.69) is 22.3 Å². The molecule has 0 radical (unpaired) electrons. The normalized spacial score (nSPS) is 17.0. The fourth-order valence-electron chi connectivity index (χ4n) is 3.23. The van der Waals surface area contributed by atoms with Gasteiger partial charge in [-0.3, -0.25) is 4.79 Å². The number of hydrogen-bond acceptors (Lipinski definition) is 4. The van der Waals surface area contributed by atoms with Crippen LogP contribution in [0.4, 0.5) is 13.2 Å². The number of carbonyl (C=O) groups excluding carboxylic acids is 1. The number of alkyl halides is 3. The van der Waals surface area contributed by atoms with E-state index in [4.69, 9.17) is 0 Å². The molecule has 0 unspecified atom stereocenters. The summed E-state index contributed by atoms with van der Waals surface area (Å²) in [6, 6.07) is 10.2. The molecule has 0 bridgehead atoms. The number of thioether (sulfide) groups is 1. The molecule has 0 saturated carbocycles. The zero-order chi connectivity index (χ0) is 20.3. The topological polar surface area (TPSA) is 55.5 Å². The predicted molar refractivity (Wildman–Crippen MR) is 98.7 cm³/mol. The second-order valence-corrected chi connectivity index (χ2v) is 8.17. The molecule has 2 heterocycles. The van der Waals surface area contributed by atoms with E-state index in [0.29, 0.717) is 13.1 Å². The maximum atomic E-state index is 12.8. The molecule has 1 aliphatic rings. The average molecular weight is 414 g/mol. The summed E-state index contributed by atoms with van der Waals surface area (Å²) in [6.45, 7) is 5.59. The summed E-state index contributed by atoms with van der Waals surface area (Å²) in [5.41, 5.74) is 1.27. The van der Waals surface area contributed by atoms with Gasteiger partial charge in [-0.25, -0.2) is 0 Å². The van der Waals surface area contributed by atoms with Crippen LogP contribution in [0.5, 0.6) is 0 Å². The summed E-state index contributed by atoms with van der Waals surface area (Å²) in [4.78, 5) is 15.9. The summed E-state index contributed by atoms with van der Waals surface area (Å²) in [6.07, 6.45) is -4.56. The minimum atomic E-state index is -4.56. The monoisotopic (exact) mass is 414 g/mol. The van der Waals surface area contributed by atoms with Crippen LogP contribution in [-0.4, -0.2) is 57.0 Å². The van der Waals surface area contributed by atoms with Crippen molar-refractivity contribution in [1.82, 2.24) is 19.7 Å². The van der Waals surface area contributed by atoms with E-state index >= 15 is 0 Å². The minimum Gasteiger partial charge on any atom is -0.330 e. The van der Waals surface area contributed by atoms with E-state index in [1.165, 1.54) is 17.5 Å². The van der Waals surface area contributed by atoms with Gasteiger partial charge in [0.25, 0.3) is 0 Å². The zero-order valence-electron chi connectivity index (χ0n) is 15.7. The highest BCUT2D eigenvalue weighted by Crippen LogP contribution is 2.31. The number of amides is 1. The van der Waals surface area contributed by atoms with Crippen molar-refractivity contribution in [1.29, 1.82) is 0 Å². The average Bonchev–Trinajstić information content (AvgIpc) is 3.03. The smallest absolute Gasteiger partial charge is 0.330 e. The molecule has 1 aromatic heterocycles. The van der Waals surface area contributed by atoms with Crippen LogP contribution in [0.3, 0.4) is 0 Å². The molecular weight excluding hydrogens is 391 g/mol. The summed E-state index contributed by atoms with van der Waals surface area (Å²) < 4.78 is 39.4. The second kappa shape index (κ2) is 8.52. The maximum Gasteiger partial charge on any atom is 0.451 e. The van der Waals surface area contributed by atoms with Gasteiger partial charge in [-0.1, -0.05) is 42.1 Å². The van der Waals surface area contributed by atoms with Crippen LogP contribution in [0.2, 0.25) is 0 Å². The molecule has 6 nitrogen and oxygen atoms in total. The highest BCUT2D eigenvalue weighted by atomic mass is 32.2. The van der Waals surface area contributed by atoms with Crippen LogP contribution in [0.25, 0.3) is 0 Å². The Labute approximate surface area is 165 Å². The third-order valence-electron chi connectivity index (χ3n) is 4.80. The molecule has 1 amide bonds. The van der Waals surface area contributed by atoms with Crippen molar-refractivity contribution in [2.75, 3.05) is 26.2 Å². The van der Waals surface area contributed by atoms with Gasteiger partial charge in [0, 0.05) is 12.6 Å². The maximum absolute atomic E-state index is 12.8. The highest BCUT2D eigenvalue weighted by Gasteiger charge is 2.38. The summed E-state index contributed by atoms with van der Waals surface area (Å²) in [7, 11) is 1.26. The number of nitrogens with one attached hydrogen (secondary N) is 1. The number of rotatable bonds is 5. The van der Waals surface area contributed by atoms with E-state index in [1.54, 1.807) is 11.8 Å². The first-order valence-electron chi connectivity index (χ1n) is 9.05. The Bertz CT molecular complexity index is 803. The van der Waals surface area contributed by atoms with Crippen LogP contribution in [0, 0.1) is 0 Å². The zero-order valence-corrected chi connectivity index (χ0v) is 16.6. The Morgan fingerprint density at radius 2 is 1.86 bits per heavy atom. The first-order valence-corrected chi connectivity index (χ1v) is 9.93. The first-order chi connectivity index (χ1) is 13.3. The van der Waals surface area contributed by atoms with Crippen molar-refractivity contribution in [3.8, 4) is 0 Å². The van der Waals surface area contributed by atoms with Gasteiger partial charge in [0.05, 0.1) is 31.4 Å². The van der Waals surface area contributed by atoms with Crippen molar-refractivity contribution in [3.63, 3.8) is 0 Å². The molecule has 1 aromatic carbocycles. The lowest BCUT2D eigenvalue weighted by atomic mass is 10.2. The fourth-order valence-corrected chi connectivity index (χ4v) is 4.13. The third kappa shape index (κ3) is 4.85. The van der Waals surface area contributed by atoms with E-state index in [0.717, 1.165) is 36.0 Å². The Balaban J connectivity index is 1.53. The Hall–Kier alpha value is -2.07. The van der Waals surface area contributed by atoms with E-state index in [1.807, 2.05) is 18.2 Å². The molecule has 1 atom stereocenters. The first kappa shape index (κ1) is 20.7. The molecule has 3 rings (SSSR count). The van der Waals surface area contributed by atoms with Crippen LogP contribution < -0.4 is 4.90 Å². The summed E-state index contributed by atoms with van der Waals surface area (Å²) in [5, 5.41) is 6.35. The van der Waals surface area contributed by atoms with Gasteiger partial charge >= 0.3 is 6.18 Å². The number of halogens is 3. The molecular formula is C18H23F3N5OS+. The standard InChI is InChI=1S/C18H22F3N5OS/c1-13(28-17-23-22-16(24(17)2)18(19,20)21)15(27)26-10-8-25(9-11-26)12-14-6-4-3-5-7-14/h3-7,13H,8-12H2,1-2H3/p+1/t13-/m0/s1. The SMILES string of the molecule is C[C@H](Sc1nnc(C(F)(F)F)n1C)C(=O)N1CC[NH+](Cc2ccccc2)CC1. The number of quaternary nitrogens is 1. The van der Waals surface area contributed by atoms with Crippen LogP contribution in [-0.2, 0) is 24.6 Å². The van der Waals surface area contributed by atoms with E-state index in [-0.39, 0.29) is 11.1 Å². The van der Waals surface area contributed by atoms with E-state index < -0.39 is 17.3 Å². The molecule has 28 heavy (non-hydrogen) atoms.